The van der Waals surface area contributed by atoms with Crippen LogP contribution in [0.4, 0.5) is 64.1 Å². The van der Waals surface area contributed by atoms with Gasteiger partial charge in [-0.25, -0.2) is 9.69 Å². The number of nitrogens with zero attached hydrogens (tertiary/aromatic N) is 6. The number of aromatic nitrogens is 4. The van der Waals surface area contributed by atoms with Gasteiger partial charge in [-0.2, -0.15) is 52.7 Å². The zero-order valence-corrected chi connectivity index (χ0v) is 59.8. The third-order valence-electron chi connectivity index (χ3n) is 20.9. The maximum Gasteiger partial charge on any atom is 0.416 e. The van der Waals surface area contributed by atoms with Gasteiger partial charge in [-0.1, -0.05) is 150 Å². The van der Waals surface area contributed by atoms with Gasteiger partial charge < -0.3 is 18.3 Å². The van der Waals surface area contributed by atoms with Gasteiger partial charge in [0.05, 0.1) is 96.6 Å². The molecule has 112 heavy (non-hydrogen) atoms. The Morgan fingerprint density at radius 2 is 0.491 bits per heavy atom. The molecule has 4 aromatic heterocycles. The van der Waals surface area contributed by atoms with Crippen LogP contribution in [0.2, 0.25) is 0 Å². The molecule has 0 aliphatic heterocycles. The van der Waals surface area contributed by atoms with E-state index in [9.17, 15) is 52.7 Å². The molecule has 0 atom stereocenters. The molecule has 0 bridgehead atoms. The third-order valence-corrected chi connectivity index (χ3v) is 20.9. The van der Waals surface area contributed by atoms with Crippen molar-refractivity contribution in [2.24, 2.45) is 0 Å². The van der Waals surface area contributed by atoms with E-state index in [1.54, 1.807) is 60.7 Å². The Kier molecular flexibility index (Phi) is 17.0. The number of hydrogen-bond acceptors (Lipinski definition) is 0. The summed E-state index contributed by atoms with van der Waals surface area (Å²) in [5.41, 5.74) is 11.0. The molecule has 18 aromatic rings. The van der Waals surface area contributed by atoms with Gasteiger partial charge in [0.25, 0.3) is 0 Å². The molecule has 548 valence electrons. The normalized spacial score (nSPS) is 12.3. The van der Waals surface area contributed by atoms with E-state index in [0.29, 0.717) is 56.4 Å². The minimum atomic E-state index is -5.02. The van der Waals surface area contributed by atoms with Gasteiger partial charge in [0.2, 0.25) is 0 Å². The number of benzene rings is 14. The first kappa shape index (κ1) is 71.3. The Morgan fingerprint density at radius 1 is 0.223 bits per heavy atom. The van der Waals surface area contributed by atoms with E-state index in [-0.39, 0.29) is 34.4 Å². The molecule has 0 fully saturated rings. The van der Waals surface area contributed by atoms with Crippen molar-refractivity contribution >= 4 is 98.6 Å². The first-order valence-corrected chi connectivity index (χ1v) is 35.5. The van der Waals surface area contributed by atoms with Crippen LogP contribution in [0.15, 0.2) is 279 Å². The summed E-state index contributed by atoms with van der Waals surface area (Å²) in [6.45, 7) is 24.0. The average Bonchev–Trinajstić information content (AvgIpc) is 1.54. The number of fused-ring (bicyclic) bond motifs is 12. The van der Waals surface area contributed by atoms with Gasteiger partial charge in [0.15, 0.2) is 11.4 Å². The highest BCUT2D eigenvalue weighted by molar-refractivity contribution is 6.14. The van der Waals surface area contributed by atoms with E-state index in [2.05, 4.69) is 52.2 Å². The van der Waals surface area contributed by atoms with Crippen LogP contribution in [0.25, 0.3) is 164 Å². The van der Waals surface area contributed by atoms with Crippen LogP contribution in [0.1, 0.15) is 44.5 Å². The predicted octanol–water partition coefficient (Wildman–Crippen LogP) is 28.8. The number of hydrogen-bond donors (Lipinski definition) is 0. The van der Waals surface area contributed by atoms with Crippen molar-refractivity contribution in [1.82, 2.24) is 18.3 Å². The van der Waals surface area contributed by atoms with Crippen molar-refractivity contribution in [2.75, 3.05) is 0 Å². The molecule has 6 nitrogen and oxygen atoms in total. The van der Waals surface area contributed by atoms with Crippen LogP contribution in [0, 0.1) is 40.8 Å². The van der Waals surface area contributed by atoms with Crippen LogP contribution in [0.5, 0.6) is 0 Å². The lowest BCUT2D eigenvalue weighted by Gasteiger charge is -2.21. The maximum absolute atomic E-state index is 14.1. The SMILES string of the molecule is [C-]#[N+]c1ccc(-c2cc(-c3cc(C(F)(F)F)cc(C(F)(F)F)c3)ccc2-n2c3ccccc3c3cc(C)ccc32)c(-n2c3ccccc3c3cc(C)ccc32)c1.[C-]#[N+]c1ccc(-n2c3ccccc3c3cc(C)ccc32)c(-c2cc(-c3cc(C(F)(F)F)cc(C(F)(F)F)c3)ccc2-n2c3ccccc3c3cc(C)ccc32)c1. The van der Waals surface area contributed by atoms with Gasteiger partial charge in [-0.15, -0.1) is 0 Å². The zero-order valence-electron chi connectivity index (χ0n) is 59.8. The maximum atomic E-state index is 14.1. The van der Waals surface area contributed by atoms with Gasteiger partial charge >= 0.3 is 24.7 Å². The van der Waals surface area contributed by atoms with E-state index in [0.717, 1.165) is 134 Å². The third kappa shape index (κ3) is 12.4. The molecule has 18 heteroatoms. The number of aryl methyl sites for hydroxylation is 4. The Morgan fingerprint density at radius 3 is 0.812 bits per heavy atom. The molecule has 18 rings (SSSR count). The minimum absolute atomic E-state index is 0.139. The molecular weight excluding hydrogens is 1440 g/mol. The average molecular weight is 1500 g/mol. The van der Waals surface area contributed by atoms with Gasteiger partial charge in [-0.05, 0) is 207 Å². The fourth-order valence-electron chi connectivity index (χ4n) is 15.9. The van der Waals surface area contributed by atoms with Gasteiger partial charge in [0, 0.05) is 65.5 Å². The lowest BCUT2D eigenvalue weighted by molar-refractivity contribution is -0.144. The van der Waals surface area contributed by atoms with Crippen LogP contribution < -0.4 is 0 Å². The highest BCUT2D eigenvalue weighted by Crippen LogP contribution is 2.49. The topological polar surface area (TPSA) is 28.4 Å². The molecule has 4 heterocycles. The Bertz CT molecular complexity index is 6980. The van der Waals surface area contributed by atoms with Crippen molar-refractivity contribution < 1.29 is 52.7 Å². The summed E-state index contributed by atoms with van der Waals surface area (Å²) in [6, 6.07) is 80.0. The molecule has 0 saturated carbocycles. The van der Waals surface area contributed by atoms with Gasteiger partial charge in [0.1, 0.15) is 0 Å². The minimum Gasteiger partial charge on any atom is -0.310 e. The van der Waals surface area contributed by atoms with Crippen molar-refractivity contribution in [2.45, 2.75) is 52.4 Å². The van der Waals surface area contributed by atoms with Crippen molar-refractivity contribution in [1.29, 1.82) is 0 Å². The second-order valence-electron chi connectivity index (χ2n) is 28.2. The smallest absolute Gasteiger partial charge is 0.310 e. The summed E-state index contributed by atoms with van der Waals surface area (Å²) in [4.78, 5) is 7.52. The Labute approximate surface area is 632 Å². The molecule has 0 aliphatic carbocycles. The second kappa shape index (κ2) is 26.6. The molecule has 14 aromatic carbocycles. The summed E-state index contributed by atoms with van der Waals surface area (Å²) >= 11 is 0. The van der Waals surface area contributed by atoms with Crippen molar-refractivity contribution in [3.63, 3.8) is 0 Å². The predicted molar refractivity (Wildman–Crippen MR) is 423 cm³/mol. The number of alkyl halides is 12. The molecule has 0 unspecified atom stereocenters. The van der Waals surface area contributed by atoms with E-state index >= 15 is 0 Å². The van der Waals surface area contributed by atoms with E-state index in [1.165, 1.54) is 0 Å². The summed E-state index contributed by atoms with van der Waals surface area (Å²) < 4.78 is 178. The quantitative estimate of drug-likeness (QED) is 0.107. The Hall–Kier alpha value is -13.6. The second-order valence-corrected chi connectivity index (χ2v) is 28.2. The van der Waals surface area contributed by atoms with E-state index < -0.39 is 47.0 Å². The number of para-hydroxylation sites is 4. The van der Waals surface area contributed by atoms with E-state index in [1.807, 2.05) is 185 Å². The molecule has 0 radical (unpaired) electrons. The summed E-state index contributed by atoms with van der Waals surface area (Å²) in [5, 5.41) is 7.92. The van der Waals surface area contributed by atoms with Gasteiger partial charge in [-0.3, -0.25) is 0 Å². The molecule has 0 spiro atoms. The molecule has 0 N–H and O–H groups in total. The molecule has 0 amide bonds. The van der Waals surface area contributed by atoms with Crippen molar-refractivity contribution in [3.05, 3.63) is 346 Å². The van der Waals surface area contributed by atoms with Crippen LogP contribution in [-0.2, 0) is 24.7 Å². The molecular formula is C94H58F12N6. The largest absolute Gasteiger partial charge is 0.416 e. The zero-order chi connectivity index (χ0) is 78.2. The monoisotopic (exact) mass is 1500 g/mol. The fourth-order valence-corrected chi connectivity index (χ4v) is 15.9. The standard InChI is InChI=1S/2C47H29F6N3/c1-27-12-17-42-37(20-27)34-8-4-6-10-40(34)55(42)44-19-14-29(30-22-31(46(48,49)50)25-32(23-30)47(51,52)53)24-39(44)36-16-15-33(54-3)26-45(36)56-41-11-7-5-9-35(41)38-21-28(2)13-18-43(38)56;1-27-12-16-42-36(20-27)34-8-4-6-10-40(34)55(42)44-18-14-29(30-22-31(46(48,49)50)25-32(23-30)47(51,52)53)24-38(44)39-26-33(54-3)15-19-45(39)56-41-11-7-5-9-35(41)37-21-28(2)13-17-43(37)56/h2*4-26H,1-2H3. The molecule has 0 aliphatic rings. The number of rotatable bonds is 8. The lowest BCUT2D eigenvalue weighted by atomic mass is 9.93. The highest BCUT2D eigenvalue weighted by atomic mass is 19.4. The Balaban J connectivity index is 0.000000163. The molecule has 0 saturated heterocycles. The van der Waals surface area contributed by atoms with Crippen LogP contribution in [-0.4, -0.2) is 18.3 Å². The van der Waals surface area contributed by atoms with Crippen LogP contribution in [0.3, 0.4) is 0 Å². The first-order chi connectivity index (χ1) is 53.6. The van der Waals surface area contributed by atoms with Crippen LogP contribution >= 0.6 is 0 Å². The van der Waals surface area contributed by atoms with E-state index in [4.69, 9.17) is 13.1 Å². The number of halogens is 12. The summed E-state index contributed by atoms with van der Waals surface area (Å²) in [5.74, 6) is 0. The fraction of sp³-hybridized carbons (Fsp3) is 0.0851. The summed E-state index contributed by atoms with van der Waals surface area (Å²) in [7, 11) is 0. The highest BCUT2D eigenvalue weighted by Gasteiger charge is 2.39. The lowest BCUT2D eigenvalue weighted by Crippen LogP contribution is -2.11. The van der Waals surface area contributed by atoms with Crippen molar-refractivity contribution in [3.8, 4) is 67.3 Å². The summed E-state index contributed by atoms with van der Waals surface area (Å²) in [6.07, 6.45) is -20.1. The first-order valence-electron chi connectivity index (χ1n) is 35.5.